The van der Waals surface area contributed by atoms with Gasteiger partial charge in [-0.3, -0.25) is 14.4 Å². The monoisotopic (exact) mass is 418 g/mol. The zero-order valence-electron chi connectivity index (χ0n) is 17.5. The molecule has 0 saturated carbocycles. The highest BCUT2D eigenvalue weighted by atomic mass is 16.4. The lowest BCUT2D eigenvalue weighted by Gasteiger charge is -2.29. The molecule has 0 heterocycles. The molecule has 0 spiro atoms. The predicted molar refractivity (Wildman–Crippen MR) is 104 cm³/mol. The van der Waals surface area contributed by atoms with E-state index in [-0.39, 0.29) is 5.92 Å². The average molecular weight is 418 g/mol. The van der Waals surface area contributed by atoms with Crippen LogP contribution in [0.3, 0.4) is 0 Å². The van der Waals surface area contributed by atoms with Crippen molar-refractivity contribution >= 4 is 23.7 Å². The molecule has 0 aliphatic heterocycles. The van der Waals surface area contributed by atoms with Gasteiger partial charge in [-0.2, -0.15) is 0 Å². The Morgan fingerprint density at radius 2 is 1.38 bits per heavy atom. The fourth-order valence-electron chi connectivity index (χ4n) is 2.40. The van der Waals surface area contributed by atoms with Crippen LogP contribution in [0.1, 0.15) is 41.0 Å². The van der Waals surface area contributed by atoms with Gasteiger partial charge in [-0.1, -0.05) is 34.1 Å². The number of carboxylic acids is 1. The Hall–Kier alpha value is -2.24. The Morgan fingerprint density at radius 1 is 0.897 bits per heavy atom. The lowest BCUT2D eigenvalue weighted by molar-refractivity contribution is -0.143. The minimum absolute atomic E-state index is 0.305. The fraction of sp³-hybridized carbons (Fsp3) is 0.778. The first-order chi connectivity index (χ1) is 13.4. The predicted octanol–water partition coefficient (Wildman–Crippen LogP) is -2.07. The first-order valence-electron chi connectivity index (χ1n) is 9.55. The summed E-state index contributed by atoms with van der Waals surface area (Å²) in [4.78, 5) is 48.4. The van der Waals surface area contributed by atoms with E-state index < -0.39 is 66.5 Å². The summed E-state index contributed by atoms with van der Waals surface area (Å²) in [6.45, 7) is 7.40. The Morgan fingerprint density at radius 3 is 1.76 bits per heavy atom. The quantitative estimate of drug-likeness (QED) is 0.188. The van der Waals surface area contributed by atoms with Gasteiger partial charge in [0.2, 0.25) is 17.7 Å². The zero-order valence-corrected chi connectivity index (χ0v) is 17.5. The number of aliphatic hydroxyl groups excluding tert-OH is 2. The number of hydrogen-bond donors (Lipinski definition) is 7. The van der Waals surface area contributed by atoms with Crippen LogP contribution in [0.4, 0.5) is 0 Å². The maximum absolute atomic E-state index is 12.8. The number of aliphatic carboxylic acids is 1. The molecule has 0 aromatic rings. The number of nitrogens with one attached hydrogen (secondary N) is 3. The summed E-state index contributed by atoms with van der Waals surface area (Å²) >= 11 is 0. The molecule has 0 saturated heterocycles. The van der Waals surface area contributed by atoms with Gasteiger partial charge in [0.1, 0.15) is 24.2 Å². The fourth-order valence-corrected chi connectivity index (χ4v) is 2.40. The highest BCUT2D eigenvalue weighted by Crippen LogP contribution is 2.11. The Labute approximate surface area is 170 Å². The third-order valence-electron chi connectivity index (χ3n) is 4.66. The number of aliphatic hydroxyl groups is 2. The van der Waals surface area contributed by atoms with Gasteiger partial charge >= 0.3 is 5.97 Å². The molecule has 29 heavy (non-hydrogen) atoms. The first kappa shape index (κ1) is 26.8. The molecule has 6 atom stereocenters. The average Bonchev–Trinajstić information content (AvgIpc) is 2.65. The molecule has 0 fully saturated rings. The van der Waals surface area contributed by atoms with E-state index in [0.717, 1.165) is 0 Å². The van der Waals surface area contributed by atoms with Crippen molar-refractivity contribution in [3.05, 3.63) is 0 Å². The van der Waals surface area contributed by atoms with Crippen LogP contribution in [-0.4, -0.2) is 75.9 Å². The molecule has 6 unspecified atom stereocenters. The van der Waals surface area contributed by atoms with Crippen molar-refractivity contribution in [2.45, 2.75) is 71.3 Å². The van der Waals surface area contributed by atoms with E-state index in [9.17, 15) is 24.3 Å². The normalized spacial score (nSPS) is 17.4. The van der Waals surface area contributed by atoms with Crippen LogP contribution in [-0.2, 0) is 19.2 Å². The summed E-state index contributed by atoms with van der Waals surface area (Å²) in [5.41, 5.74) is 5.61. The summed E-state index contributed by atoms with van der Waals surface area (Å²) in [5, 5.41) is 34.7. The van der Waals surface area contributed by atoms with Crippen LogP contribution in [0, 0.1) is 11.8 Å². The molecule has 3 amide bonds. The number of amides is 3. The van der Waals surface area contributed by atoms with Crippen molar-refractivity contribution in [3.8, 4) is 0 Å². The standard InChI is InChI=1S/C18H34N4O7/c1-6-9(4)14(22-15(25)12(19)10(5)24)17(27)21-13(8(2)3)16(26)20-11(7-23)18(28)29/h8-14,23-24H,6-7,19H2,1-5H3,(H,20,26)(H,21,27)(H,22,25)(H,28,29). The van der Waals surface area contributed by atoms with E-state index >= 15 is 0 Å². The van der Waals surface area contributed by atoms with E-state index in [1.807, 2.05) is 6.92 Å². The minimum Gasteiger partial charge on any atom is -0.480 e. The number of hydrogen-bond acceptors (Lipinski definition) is 7. The Kier molecular flexibility index (Phi) is 11.4. The first-order valence-corrected chi connectivity index (χ1v) is 9.55. The van der Waals surface area contributed by atoms with E-state index in [2.05, 4.69) is 16.0 Å². The number of nitrogens with two attached hydrogens (primary N) is 1. The lowest BCUT2D eigenvalue weighted by Crippen LogP contribution is -2.60. The molecular weight excluding hydrogens is 384 g/mol. The van der Waals surface area contributed by atoms with Crippen molar-refractivity contribution in [1.82, 2.24) is 16.0 Å². The topological polar surface area (TPSA) is 191 Å². The maximum atomic E-state index is 12.8. The smallest absolute Gasteiger partial charge is 0.328 e. The van der Waals surface area contributed by atoms with Crippen LogP contribution in [0.2, 0.25) is 0 Å². The number of carboxylic acid groups (broad SMARTS) is 1. The summed E-state index contributed by atoms with van der Waals surface area (Å²) in [6, 6.07) is -4.83. The largest absolute Gasteiger partial charge is 0.480 e. The lowest BCUT2D eigenvalue weighted by atomic mass is 9.96. The molecule has 0 aliphatic rings. The molecule has 168 valence electrons. The molecule has 11 nitrogen and oxygen atoms in total. The van der Waals surface area contributed by atoms with Gasteiger partial charge in [0.05, 0.1) is 12.7 Å². The van der Waals surface area contributed by atoms with Crippen molar-refractivity contribution in [1.29, 1.82) is 0 Å². The van der Waals surface area contributed by atoms with E-state index in [1.54, 1.807) is 20.8 Å². The van der Waals surface area contributed by atoms with Crippen molar-refractivity contribution < 1.29 is 34.5 Å². The molecule has 0 aromatic heterocycles. The molecule has 8 N–H and O–H groups in total. The van der Waals surface area contributed by atoms with Crippen LogP contribution in [0.15, 0.2) is 0 Å². The van der Waals surface area contributed by atoms with Gasteiger partial charge in [0.15, 0.2) is 0 Å². The Balaban J connectivity index is 5.41. The van der Waals surface area contributed by atoms with E-state index in [4.69, 9.17) is 15.9 Å². The van der Waals surface area contributed by atoms with Crippen LogP contribution < -0.4 is 21.7 Å². The van der Waals surface area contributed by atoms with Gasteiger partial charge in [0, 0.05) is 0 Å². The Bertz CT molecular complexity index is 583. The highest BCUT2D eigenvalue weighted by Gasteiger charge is 2.34. The SMILES string of the molecule is CCC(C)C(NC(=O)C(N)C(C)O)C(=O)NC(C(=O)NC(CO)C(=O)O)C(C)C. The minimum atomic E-state index is -1.50. The second-order valence-electron chi connectivity index (χ2n) is 7.45. The third kappa shape index (κ3) is 8.34. The van der Waals surface area contributed by atoms with Gasteiger partial charge in [-0.05, 0) is 18.8 Å². The summed E-state index contributed by atoms with van der Waals surface area (Å²) in [7, 11) is 0. The molecule has 0 radical (unpaired) electrons. The molecule has 11 heteroatoms. The van der Waals surface area contributed by atoms with E-state index in [0.29, 0.717) is 6.42 Å². The van der Waals surface area contributed by atoms with Gasteiger partial charge in [-0.15, -0.1) is 0 Å². The highest BCUT2D eigenvalue weighted by molar-refractivity contribution is 5.94. The number of rotatable bonds is 12. The van der Waals surface area contributed by atoms with Crippen molar-refractivity contribution in [3.63, 3.8) is 0 Å². The molecule has 0 rings (SSSR count). The molecule has 0 aliphatic carbocycles. The number of carbonyl (C=O) groups excluding carboxylic acids is 3. The zero-order chi connectivity index (χ0) is 22.9. The second kappa shape index (κ2) is 12.3. The summed E-state index contributed by atoms with van der Waals surface area (Å²) in [6.07, 6.45) is -0.580. The summed E-state index contributed by atoms with van der Waals surface area (Å²) in [5.74, 6) is -4.25. The summed E-state index contributed by atoms with van der Waals surface area (Å²) < 4.78 is 0. The van der Waals surface area contributed by atoms with Crippen LogP contribution >= 0.6 is 0 Å². The third-order valence-corrected chi connectivity index (χ3v) is 4.66. The van der Waals surface area contributed by atoms with Gasteiger partial charge in [0.25, 0.3) is 0 Å². The van der Waals surface area contributed by atoms with Crippen molar-refractivity contribution in [2.24, 2.45) is 17.6 Å². The molecular formula is C18H34N4O7. The van der Waals surface area contributed by atoms with E-state index in [1.165, 1.54) is 6.92 Å². The maximum Gasteiger partial charge on any atom is 0.328 e. The van der Waals surface area contributed by atoms with Crippen LogP contribution in [0.25, 0.3) is 0 Å². The van der Waals surface area contributed by atoms with Gasteiger partial charge in [-0.25, -0.2) is 4.79 Å². The second-order valence-corrected chi connectivity index (χ2v) is 7.45. The molecule has 0 bridgehead atoms. The van der Waals surface area contributed by atoms with Gasteiger partial charge < -0.3 is 37.0 Å². The molecule has 0 aromatic carbocycles. The van der Waals surface area contributed by atoms with Crippen molar-refractivity contribution in [2.75, 3.05) is 6.61 Å². The number of carbonyl (C=O) groups is 4. The van der Waals surface area contributed by atoms with Crippen LogP contribution in [0.5, 0.6) is 0 Å².